The lowest BCUT2D eigenvalue weighted by molar-refractivity contribution is 0.102. The Balaban J connectivity index is 2.36. The molecule has 0 aliphatic carbocycles. The summed E-state index contributed by atoms with van der Waals surface area (Å²) in [6.07, 6.45) is 1.52. The van der Waals surface area contributed by atoms with Gasteiger partial charge in [-0.2, -0.15) is 0 Å². The number of anilines is 1. The summed E-state index contributed by atoms with van der Waals surface area (Å²) in [6.45, 7) is 1.77. The second-order valence-electron chi connectivity index (χ2n) is 4.15. The zero-order valence-corrected chi connectivity index (χ0v) is 11.5. The first-order valence-corrected chi connectivity index (χ1v) is 6.23. The highest BCUT2D eigenvalue weighted by molar-refractivity contribution is 7.80. The fraction of sp³-hybridized carbons (Fsp3) is 0.0714. The molecule has 0 aliphatic rings. The highest BCUT2D eigenvalue weighted by atomic mass is 32.1. The molecule has 1 amide bonds. The van der Waals surface area contributed by atoms with E-state index in [1.807, 2.05) is 0 Å². The number of hydrogen-bond acceptors (Lipinski definition) is 3. The van der Waals surface area contributed by atoms with Crippen molar-refractivity contribution in [2.45, 2.75) is 6.92 Å². The van der Waals surface area contributed by atoms with E-state index in [2.05, 4.69) is 10.3 Å². The Morgan fingerprint density at radius 3 is 2.75 bits per heavy atom. The lowest BCUT2D eigenvalue weighted by Crippen LogP contribution is -2.20. The summed E-state index contributed by atoms with van der Waals surface area (Å²) in [6, 6.07) is 7.73. The lowest BCUT2D eigenvalue weighted by atomic mass is 10.1. The van der Waals surface area contributed by atoms with Gasteiger partial charge in [-0.1, -0.05) is 24.4 Å². The summed E-state index contributed by atoms with van der Waals surface area (Å²) in [5.41, 5.74) is 6.72. The van der Waals surface area contributed by atoms with Crippen molar-refractivity contribution < 1.29 is 9.18 Å². The third kappa shape index (κ3) is 2.80. The molecule has 0 fully saturated rings. The van der Waals surface area contributed by atoms with Crippen LogP contribution in [0.2, 0.25) is 0 Å². The number of amides is 1. The summed E-state index contributed by atoms with van der Waals surface area (Å²) in [5, 5.41) is 2.58. The van der Waals surface area contributed by atoms with E-state index in [1.165, 1.54) is 24.4 Å². The van der Waals surface area contributed by atoms with Crippen LogP contribution in [0.4, 0.5) is 10.1 Å². The minimum absolute atomic E-state index is 0.0180. The average Bonchev–Trinajstić information content (AvgIpc) is 2.38. The first-order chi connectivity index (χ1) is 9.50. The number of hydrogen-bond donors (Lipinski definition) is 2. The Labute approximate surface area is 120 Å². The van der Waals surface area contributed by atoms with Crippen LogP contribution >= 0.6 is 12.2 Å². The fourth-order valence-corrected chi connectivity index (χ4v) is 1.99. The number of pyridine rings is 1. The van der Waals surface area contributed by atoms with Gasteiger partial charge in [0, 0.05) is 6.20 Å². The van der Waals surface area contributed by atoms with E-state index in [-0.39, 0.29) is 21.9 Å². The maximum atomic E-state index is 13.7. The Bertz CT molecular complexity index is 688. The van der Waals surface area contributed by atoms with Gasteiger partial charge in [-0.15, -0.1) is 0 Å². The molecule has 102 valence electrons. The Kier molecular flexibility index (Phi) is 4.05. The van der Waals surface area contributed by atoms with E-state index in [0.29, 0.717) is 0 Å². The van der Waals surface area contributed by atoms with E-state index in [0.717, 1.165) is 5.56 Å². The Morgan fingerprint density at radius 2 is 2.10 bits per heavy atom. The van der Waals surface area contributed by atoms with Gasteiger partial charge in [-0.25, -0.2) is 4.39 Å². The third-order valence-corrected chi connectivity index (χ3v) is 2.94. The Hall–Kier alpha value is -2.34. The number of benzene rings is 1. The van der Waals surface area contributed by atoms with Crippen LogP contribution in [0.1, 0.15) is 21.6 Å². The van der Waals surface area contributed by atoms with Crippen molar-refractivity contribution in [1.82, 2.24) is 4.98 Å². The molecule has 0 saturated heterocycles. The zero-order chi connectivity index (χ0) is 14.7. The first kappa shape index (κ1) is 14.1. The molecule has 1 heterocycles. The fourth-order valence-electron chi connectivity index (χ4n) is 1.78. The van der Waals surface area contributed by atoms with Crippen molar-refractivity contribution in [2.24, 2.45) is 5.73 Å². The van der Waals surface area contributed by atoms with Gasteiger partial charge in [0.25, 0.3) is 5.91 Å². The van der Waals surface area contributed by atoms with Gasteiger partial charge in [-0.05, 0) is 30.7 Å². The van der Waals surface area contributed by atoms with Crippen LogP contribution in [0.5, 0.6) is 0 Å². The molecule has 0 saturated carbocycles. The number of nitrogens with two attached hydrogens (primary N) is 1. The van der Waals surface area contributed by atoms with Gasteiger partial charge in [0.2, 0.25) is 0 Å². The zero-order valence-electron chi connectivity index (χ0n) is 10.7. The normalized spacial score (nSPS) is 10.1. The minimum Gasteiger partial charge on any atom is -0.389 e. The second-order valence-corrected chi connectivity index (χ2v) is 4.59. The Morgan fingerprint density at radius 1 is 1.35 bits per heavy atom. The van der Waals surface area contributed by atoms with Crippen LogP contribution in [0.3, 0.4) is 0 Å². The predicted molar refractivity (Wildman–Crippen MR) is 79.2 cm³/mol. The molecule has 20 heavy (non-hydrogen) atoms. The molecule has 0 unspecified atom stereocenters. The van der Waals surface area contributed by atoms with Gasteiger partial charge < -0.3 is 11.1 Å². The van der Waals surface area contributed by atoms with Crippen molar-refractivity contribution in [2.75, 3.05) is 5.32 Å². The van der Waals surface area contributed by atoms with E-state index < -0.39 is 11.7 Å². The number of nitrogens with zero attached hydrogens (tertiary/aromatic N) is 1. The quantitative estimate of drug-likeness (QED) is 0.852. The molecular weight excluding hydrogens is 277 g/mol. The summed E-state index contributed by atoms with van der Waals surface area (Å²) in [5.74, 6) is -1.01. The molecule has 4 nitrogen and oxygen atoms in total. The number of halogens is 1. The number of carbonyl (C=O) groups is 1. The van der Waals surface area contributed by atoms with Gasteiger partial charge >= 0.3 is 0 Å². The van der Waals surface area contributed by atoms with Gasteiger partial charge in [0.15, 0.2) is 0 Å². The van der Waals surface area contributed by atoms with E-state index in [4.69, 9.17) is 18.0 Å². The largest absolute Gasteiger partial charge is 0.389 e. The van der Waals surface area contributed by atoms with Crippen molar-refractivity contribution in [3.05, 3.63) is 59.2 Å². The van der Waals surface area contributed by atoms with Crippen molar-refractivity contribution >= 4 is 28.8 Å². The molecule has 0 radical (unpaired) electrons. The first-order valence-electron chi connectivity index (χ1n) is 5.82. The van der Waals surface area contributed by atoms with Crippen LogP contribution in [-0.2, 0) is 0 Å². The molecule has 0 aliphatic heterocycles. The van der Waals surface area contributed by atoms with E-state index in [1.54, 1.807) is 19.1 Å². The summed E-state index contributed by atoms with van der Waals surface area (Å²) < 4.78 is 13.7. The molecule has 0 bridgehead atoms. The van der Waals surface area contributed by atoms with E-state index >= 15 is 0 Å². The van der Waals surface area contributed by atoms with Crippen molar-refractivity contribution in [1.29, 1.82) is 0 Å². The molecule has 1 aromatic heterocycles. The maximum absolute atomic E-state index is 13.7. The topological polar surface area (TPSA) is 68.0 Å². The van der Waals surface area contributed by atoms with Gasteiger partial charge in [0.05, 0.1) is 11.3 Å². The highest BCUT2D eigenvalue weighted by Gasteiger charge is 2.16. The monoisotopic (exact) mass is 289 g/mol. The summed E-state index contributed by atoms with van der Waals surface area (Å²) in [4.78, 5) is 16.0. The number of rotatable bonds is 3. The standard InChI is InChI=1S/C14H12FN3OS/c1-8-4-3-7-17-12(8)14(19)18-10-6-2-5-9(15)11(10)13(16)20/h2-7H,1H3,(H2,16,20)(H,18,19). The second kappa shape index (κ2) is 5.75. The highest BCUT2D eigenvalue weighted by Crippen LogP contribution is 2.20. The van der Waals surface area contributed by atoms with Crippen molar-refractivity contribution in [3.63, 3.8) is 0 Å². The van der Waals surface area contributed by atoms with E-state index in [9.17, 15) is 9.18 Å². The molecule has 0 atom stereocenters. The molecular formula is C14H12FN3OS. The third-order valence-electron chi connectivity index (χ3n) is 2.73. The maximum Gasteiger partial charge on any atom is 0.274 e. The number of nitrogens with one attached hydrogen (secondary N) is 1. The molecule has 6 heteroatoms. The predicted octanol–water partition coefficient (Wildman–Crippen LogP) is 2.42. The summed E-state index contributed by atoms with van der Waals surface area (Å²) in [7, 11) is 0. The van der Waals surface area contributed by atoms with Gasteiger partial charge in [-0.3, -0.25) is 9.78 Å². The van der Waals surface area contributed by atoms with Gasteiger partial charge in [0.1, 0.15) is 16.5 Å². The van der Waals surface area contributed by atoms with Crippen molar-refractivity contribution in [3.8, 4) is 0 Å². The SMILES string of the molecule is Cc1cccnc1C(=O)Nc1cccc(F)c1C(N)=S. The number of aryl methyl sites for hydroxylation is 1. The number of aromatic nitrogens is 1. The summed E-state index contributed by atoms with van der Waals surface area (Å²) >= 11 is 4.80. The van der Waals surface area contributed by atoms with Crippen LogP contribution in [0, 0.1) is 12.7 Å². The smallest absolute Gasteiger partial charge is 0.274 e. The van der Waals surface area contributed by atoms with Crippen LogP contribution in [0.25, 0.3) is 0 Å². The molecule has 2 rings (SSSR count). The van der Waals surface area contributed by atoms with Crippen LogP contribution in [-0.4, -0.2) is 15.9 Å². The molecule has 0 spiro atoms. The average molecular weight is 289 g/mol. The number of carbonyl (C=O) groups excluding carboxylic acids is 1. The molecule has 1 aromatic carbocycles. The lowest BCUT2D eigenvalue weighted by Gasteiger charge is -2.11. The van der Waals surface area contributed by atoms with Crippen LogP contribution < -0.4 is 11.1 Å². The molecule has 2 aromatic rings. The van der Waals surface area contributed by atoms with Crippen LogP contribution in [0.15, 0.2) is 36.5 Å². The number of thiocarbonyl (C=S) groups is 1. The minimum atomic E-state index is -0.576. The molecule has 3 N–H and O–H groups in total.